The Morgan fingerprint density at radius 1 is 1.13 bits per heavy atom. The Morgan fingerprint density at radius 3 is 2.42 bits per heavy atom. The average molecular weight is 467 g/mol. The largest absolute Gasteiger partial charge is 0.449 e. The van der Waals surface area contributed by atoms with Gasteiger partial charge in [-0.2, -0.15) is 4.31 Å². The van der Waals surface area contributed by atoms with Crippen molar-refractivity contribution in [1.82, 2.24) is 4.31 Å². The van der Waals surface area contributed by atoms with Crippen LogP contribution in [0.4, 0.5) is 5.69 Å². The number of esters is 1. The highest BCUT2D eigenvalue weighted by Crippen LogP contribution is 2.24. The van der Waals surface area contributed by atoms with E-state index in [2.05, 4.69) is 5.32 Å². The third kappa shape index (κ3) is 5.62. The molecule has 1 atom stereocenters. The van der Waals surface area contributed by atoms with E-state index in [0.717, 1.165) is 5.56 Å². The molecule has 1 unspecified atom stereocenters. The summed E-state index contributed by atoms with van der Waals surface area (Å²) < 4.78 is 37.4. The number of rotatable bonds is 6. The van der Waals surface area contributed by atoms with Crippen LogP contribution in [-0.4, -0.2) is 57.0 Å². The minimum atomic E-state index is -3.82. The Labute approximate surface area is 186 Å². The van der Waals surface area contributed by atoms with Gasteiger partial charge in [0.05, 0.1) is 28.7 Å². The number of benzene rings is 2. The van der Waals surface area contributed by atoms with Gasteiger partial charge in [-0.05, 0) is 44.2 Å². The Bertz CT molecular complexity index is 1070. The molecule has 31 heavy (non-hydrogen) atoms. The molecule has 2 aromatic carbocycles. The number of sulfonamides is 1. The molecular formula is C21H23ClN2O6S. The van der Waals surface area contributed by atoms with Gasteiger partial charge in [-0.15, -0.1) is 0 Å². The highest BCUT2D eigenvalue weighted by molar-refractivity contribution is 7.89. The van der Waals surface area contributed by atoms with E-state index in [1.165, 1.54) is 29.4 Å². The molecule has 1 N–H and O–H groups in total. The summed E-state index contributed by atoms with van der Waals surface area (Å²) in [4.78, 5) is 24.9. The van der Waals surface area contributed by atoms with E-state index in [4.69, 9.17) is 21.1 Å². The van der Waals surface area contributed by atoms with Crippen molar-refractivity contribution in [1.29, 1.82) is 0 Å². The number of carbonyl (C=O) groups excluding carboxylic acids is 2. The van der Waals surface area contributed by atoms with Crippen LogP contribution in [0.1, 0.15) is 22.8 Å². The van der Waals surface area contributed by atoms with Crippen molar-refractivity contribution < 1.29 is 27.5 Å². The van der Waals surface area contributed by atoms with Crippen LogP contribution < -0.4 is 5.32 Å². The van der Waals surface area contributed by atoms with Gasteiger partial charge in [-0.3, -0.25) is 4.79 Å². The van der Waals surface area contributed by atoms with Crippen molar-refractivity contribution in [3.63, 3.8) is 0 Å². The van der Waals surface area contributed by atoms with Crippen LogP contribution in [0.3, 0.4) is 0 Å². The molecule has 1 aliphatic heterocycles. The van der Waals surface area contributed by atoms with E-state index in [0.29, 0.717) is 18.9 Å². The molecule has 10 heteroatoms. The lowest BCUT2D eigenvalue weighted by Crippen LogP contribution is -2.40. The highest BCUT2D eigenvalue weighted by Gasteiger charge is 2.28. The number of nitrogens with one attached hydrogen (secondary N) is 1. The zero-order chi connectivity index (χ0) is 22.6. The van der Waals surface area contributed by atoms with Gasteiger partial charge in [0.15, 0.2) is 6.10 Å². The average Bonchev–Trinajstić information content (AvgIpc) is 2.76. The van der Waals surface area contributed by atoms with Gasteiger partial charge < -0.3 is 14.8 Å². The predicted molar refractivity (Wildman–Crippen MR) is 116 cm³/mol. The van der Waals surface area contributed by atoms with Gasteiger partial charge in [0.2, 0.25) is 10.0 Å². The SMILES string of the molecule is Cc1ccc(NC(=O)C(C)OC(=O)c2cc(S(=O)(=O)N3CCOCC3)ccc2Cl)cc1. The first-order valence-electron chi connectivity index (χ1n) is 9.64. The van der Waals surface area contributed by atoms with Gasteiger partial charge in [0.1, 0.15) is 0 Å². The maximum atomic E-state index is 12.8. The second-order valence-corrected chi connectivity index (χ2v) is 9.41. The van der Waals surface area contributed by atoms with Crippen LogP contribution in [0.15, 0.2) is 47.4 Å². The first-order chi connectivity index (χ1) is 14.7. The molecule has 8 nitrogen and oxygen atoms in total. The third-order valence-electron chi connectivity index (χ3n) is 4.74. The maximum absolute atomic E-state index is 12.8. The zero-order valence-electron chi connectivity index (χ0n) is 17.1. The van der Waals surface area contributed by atoms with E-state index >= 15 is 0 Å². The normalized spacial score (nSPS) is 15.8. The molecule has 3 rings (SSSR count). The molecule has 0 spiro atoms. The number of nitrogens with zero attached hydrogens (tertiary/aromatic N) is 1. The van der Waals surface area contributed by atoms with Crippen LogP contribution in [0.5, 0.6) is 0 Å². The van der Waals surface area contributed by atoms with Crippen LogP contribution >= 0.6 is 11.6 Å². The van der Waals surface area contributed by atoms with Crippen molar-refractivity contribution in [2.24, 2.45) is 0 Å². The van der Waals surface area contributed by atoms with Gasteiger partial charge >= 0.3 is 5.97 Å². The fourth-order valence-electron chi connectivity index (χ4n) is 2.92. The number of halogens is 1. The molecule has 2 aromatic rings. The first kappa shape index (κ1) is 23.2. The lowest BCUT2D eigenvalue weighted by atomic mass is 10.2. The van der Waals surface area contributed by atoms with Crippen molar-refractivity contribution in [3.8, 4) is 0 Å². The maximum Gasteiger partial charge on any atom is 0.340 e. The number of hydrogen-bond donors (Lipinski definition) is 1. The lowest BCUT2D eigenvalue weighted by molar-refractivity contribution is -0.123. The number of amides is 1. The van der Waals surface area contributed by atoms with E-state index in [-0.39, 0.29) is 28.6 Å². The van der Waals surface area contributed by atoms with E-state index < -0.39 is 28.0 Å². The first-order valence-corrected chi connectivity index (χ1v) is 11.5. The smallest absolute Gasteiger partial charge is 0.340 e. The second kappa shape index (κ2) is 9.78. The fourth-order valence-corrected chi connectivity index (χ4v) is 4.55. The molecule has 1 amide bonds. The summed E-state index contributed by atoms with van der Waals surface area (Å²) in [5.41, 5.74) is 1.47. The van der Waals surface area contributed by atoms with Gasteiger partial charge in [-0.25, -0.2) is 13.2 Å². The number of aryl methyl sites for hydroxylation is 1. The minimum absolute atomic E-state index is 0.0251. The molecule has 0 saturated carbocycles. The van der Waals surface area contributed by atoms with Crippen molar-refractivity contribution in [2.75, 3.05) is 31.6 Å². The molecule has 0 bridgehead atoms. The molecule has 0 aromatic heterocycles. The molecule has 1 fully saturated rings. The Morgan fingerprint density at radius 2 is 1.77 bits per heavy atom. The molecule has 0 radical (unpaired) electrons. The van der Waals surface area contributed by atoms with Crippen LogP contribution in [0, 0.1) is 6.92 Å². The highest BCUT2D eigenvalue weighted by atomic mass is 35.5. The van der Waals surface area contributed by atoms with Crippen LogP contribution in [-0.2, 0) is 24.3 Å². The monoisotopic (exact) mass is 466 g/mol. The zero-order valence-corrected chi connectivity index (χ0v) is 18.7. The topological polar surface area (TPSA) is 102 Å². The Balaban J connectivity index is 1.72. The van der Waals surface area contributed by atoms with E-state index in [1.807, 2.05) is 19.1 Å². The summed E-state index contributed by atoms with van der Waals surface area (Å²) in [6.07, 6.45) is -1.12. The molecule has 0 aliphatic carbocycles. The number of ether oxygens (including phenoxy) is 2. The van der Waals surface area contributed by atoms with Gasteiger partial charge in [0.25, 0.3) is 5.91 Å². The number of carbonyl (C=O) groups is 2. The molecule has 1 saturated heterocycles. The standard InChI is InChI=1S/C21H23ClN2O6S/c1-14-3-5-16(6-4-14)23-20(25)15(2)30-21(26)18-13-17(7-8-19(18)22)31(27,28)24-9-11-29-12-10-24/h3-8,13,15H,9-12H2,1-2H3,(H,23,25). The molecule has 1 aliphatic rings. The molecule has 166 valence electrons. The lowest BCUT2D eigenvalue weighted by Gasteiger charge is -2.26. The third-order valence-corrected chi connectivity index (χ3v) is 6.96. The molecule has 1 heterocycles. The fraction of sp³-hybridized carbons (Fsp3) is 0.333. The quantitative estimate of drug-likeness (QED) is 0.657. The Kier molecular flexibility index (Phi) is 7.32. The van der Waals surface area contributed by atoms with E-state index in [1.54, 1.807) is 12.1 Å². The molecular weight excluding hydrogens is 444 g/mol. The summed E-state index contributed by atoms with van der Waals surface area (Å²) in [6, 6.07) is 11.0. The Hall–Kier alpha value is -2.46. The summed E-state index contributed by atoms with van der Waals surface area (Å²) in [7, 11) is -3.82. The number of morpholine rings is 1. The van der Waals surface area contributed by atoms with Crippen molar-refractivity contribution in [2.45, 2.75) is 24.8 Å². The van der Waals surface area contributed by atoms with Crippen LogP contribution in [0.2, 0.25) is 5.02 Å². The van der Waals surface area contributed by atoms with Crippen molar-refractivity contribution in [3.05, 3.63) is 58.6 Å². The number of hydrogen-bond acceptors (Lipinski definition) is 6. The summed E-state index contributed by atoms with van der Waals surface area (Å²) in [5.74, 6) is -1.42. The van der Waals surface area contributed by atoms with E-state index in [9.17, 15) is 18.0 Å². The minimum Gasteiger partial charge on any atom is -0.449 e. The van der Waals surface area contributed by atoms with Gasteiger partial charge in [0, 0.05) is 18.8 Å². The second-order valence-electron chi connectivity index (χ2n) is 7.06. The number of anilines is 1. The predicted octanol–water partition coefficient (Wildman–Crippen LogP) is 2.85. The van der Waals surface area contributed by atoms with Crippen molar-refractivity contribution >= 4 is 39.2 Å². The summed E-state index contributed by atoms with van der Waals surface area (Å²) in [5, 5.41) is 2.68. The van der Waals surface area contributed by atoms with Crippen LogP contribution in [0.25, 0.3) is 0 Å². The van der Waals surface area contributed by atoms with Gasteiger partial charge in [-0.1, -0.05) is 29.3 Å². The summed E-state index contributed by atoms with van der Waals surface area (Å²) in [6.45, 7) is 4.39. The summed E-state index contributed by atoms with van der Waals surface area (Å²) >= 11 is 6.10.